The van der Waals surface area contributed by atoms with Gasteiger partial charge in [-0.1, -0.05) is 0 Å². The molecule has 1 aliphatic rings. The van der Waals surface area contributed by atoms with E-state index in [4.69, 9.17) is 4.52 Å². The lowest BCUT2D eigenvalue weighted by Crippen LogP contribution is -2.39. The molecule has 1 saturated heterocycles. The Balaban J connectivity index is 1.61. The molecule has 9 heteroatoms. The van der Waals surface area contributed by atoms with Crippen molar-refractivity contribution >= 4 is 5.91 Å². The van der Waals surface area contributed by atoms with E-state index in [1.807, 2.05) is 30.6 Å². The zero-order chi connectivity index (χ0) is 18.7. The number of hydrogen-bond donors (Lipinski definition) is 1. The van der Waals surface area contributed by atoms with Crippen LogP contribution < -0.4 is 5.56 Å². The van der Waals surface area contributed by atoms with Crippen LogP contribution in [0, 0.1) is 0 Å². The first-order valence-electron chi connectivity index (χ1n) is 8.92. The number of aryl methyl sites for hydroxylation is 1. The summed E-state index contributed by atoms with van der Waals surface area (Å²) in [6.45, 7) is 2.15. The van der Waals surface area contributed by atoms with E-state index in [9.17, 15) is 9.59 Å². The highest BCUT2D eigenvalue weighted by Crippen LogP contribution is 2.26. The van der Waals surface area contributed by atoms with E-state index >= 15 is 0 Å². The highest BCUT2D eigenvalue weighted by Gasteiger charge is 2.28. The number of hydrogen-bond acceptors (Lipinski definition) is 6. The molecule has 3 heterocycles. The van der Waals surface area contributed by atoms with Crippen molar-refractivity contribution in [1.82, 2.24) is 29.7 Å². The van der Waals surface area contributed by atoms with Crippen LogP contribution in [0.4, 0.5) is 0 Å². The first-order chi connectivity index (χ1) is 12.4. The van der Waals surface area contributed by atoms with Crippen LogP contribution in [-0.2, 0) is 24.8 Å². The van der Waals surface area contributed by atoms with E-state index in [2.05, 4.69) is 20.3 Å². The van der Waals surface area contributed by atoms with Crippen molar-refractivity contribution in [2.45, 2.75) is 38.1 Å². The molecule has 1 amide bonds. The fraction of sp³-hybridized carbons (Fsp3) is 0.647. The van der Waals surface area contributed by atoms with Crippen molar-refractivity contribution in [3.05, 3.63) is 33.8 Å². The second-order valence-electron chi connectivity index (χ2n) is 7.13. The molecule has 1 unspecified atom stereocenters. The second kappa shape index (κ2) is 7.86. The summed E-state index contributed by atoms with van der Waals surface area (Å²) in [7, 11) is 5.99. The number of amides is 1. The number of carbonyl (C=O) groups is 1. The molecular weight excluding hydrogens is 336 g/mol. The third-order valence-corrected chi connectivity index (χ3v) is 4.76. The Bertz CT molecular complexity index is 806. The molecule has 0 saturated carbocycles. The van der Waals surface area contributed by atoms with Crippen LogP contribution in [0.2, 0.25) is 0 Å². The van der Waals surface area contributed by atoms with Crippen molar-refractivity contribution in [2.24, 2.45) is 7.05 Å². The van der Waals surface area contributed by atoms with Gasteiger partial charge in [-0.05, 0) is 26.9 Å². The number of rotatable bonds is 6. The number of carbonyl (C=O) groups excluding carboxylic acids is 1. The van der Waals surface area contributed by atoms with Gasteiger partial charge in [0.05, 0.1) is 6.54 Å². The zero-order valence-electron chi connectivity index (χ0n) is 15.6. The van der Waals surface area contributed by atoms with Gasteiger partial charge < -0.3 is 18.9 Å². The molecule has 26 heavy (non-hydrogen) atoms. The van der Waals surface area contributed by atoms with Crippen molar-refractivity contribution in [3.63, 3.8) is 0 Å². The predicted molar refractivity (Wildman–Crippen MR) is 94.6 cm³/mol. The SMILES string of the molecule is CN(C)Cc1nnc(C2CCCN(C(=O)CCc3cc(=O)[nH]o3)C2)n1C. The number of likely N-dealkylation sites (tertiary alicyclic amines) is 1. The number of H-pyrrole nitrogens is 1. The van der Waals surface area contributed by atoms with E-state index in [0.717, 1.165) is 37.6 Å². The van der Waals surface area contributed by atoms with E-state index in [1.54, 1.807) is 0 Å². The summed E-state index contributed by atoms with van der Waals surface area (Å²) < 4.78 is 7.06. The van der Waals surface area contributed by atoms with Crippen molar-refractivity contribution in [3.8, 4) is 0 Å². The fourth-order valence-corrected chi connectivity index (χ4v) is 3.40. The van der Waals surface area contributed by atoms with Crippen LogP contribution in [0.1, 0.15) is 42.6 Å². The Morgan fingerprint density at radius 2 is 2.23 bits per heavy atom. The molecular formula is C17H26N6O3. The Morgan fingerprint density at radius 1 is 1.42 bits per heavy atom. The zero-order valence-corrected chi connectivity index (χ0v) is 15.6. The van der Waals surface area contributed by atoms with Crippen molar-refractivity contribution in [2.75, 3.05) is 27.2 Å². The number of piperidine rings is 1. The van der Waals surface area contributed by atoms with Crippen molar-refractivity contribution < 1.29 is 9.32 Å². The molecule has 0 radical (unpaired) electrons. The van der Waals surface area contributed by atoms with Gasteiger partial charge in [-0.3, -0.25) is 9.59 Å². The minimum Gasteiger partial charge on any atom is -0.384 e. The lowest BCUT2D eigenvalue weighted by Gasteiger charge is -2.32. The van der Waals surface area contributed by atoms with Gasteiger partial charge in [0, 0.05) is 45.0 Å². The number of aromatic amines is 1. The monoisotopic (exact) mass is 362 g/mol. The molecule has 3 rings (SSSR count). The number of aromatic nitrogens is 4. The Morgan fingerprint density at radius 3 is 2.92 bits per heavy atom. The first kappa shape index (κ1) is 18.4. The van der Waals surface area contributed by atoms with Gasteiger partial charge in [0.2, 0.25) is 5.91 Å². The molecule has 1 aliphatic heterocycles. The minimum absolute atomic E-state index is 0.0780. The van der Waals surface area contributed by atoms with Crippen molar-refractivity contribution in [1.29, 1.82) is 0 Å². The van der Waals surface area contributed by atoms with Gasteiger partial charge in [0.25, 0.3) is 5.56 Å². The molecule has 0 aliphatic carbocycles. The van der Waals surface area contributed by atoms with Crippen LogP contribution in [0.3, 0.4) is 0 Å². The van der Waals surface area contributed by atoms with Crippen LogP contribution in [0.15, 0.2) is 15.4 Å². The number of nitrogens with one attached hydrogen (secondary N) is 1. The molecule has 142 valence electrons. The highest BCUT2D eigenvalue weighted by molar-refractivity contribution is 5.76. The van der Waals surface area contributed by atoms with Crippen LogP contribution >= 0.6 is 0 Å². The van der Waals surface area contributed by atoms with Crippen LogP contribution in [0.5, 0.6) is 0 Å². The molecule has 0 bridgehead atoms. The maximum absolute atomic E-state index is 12.5. The van der Waals surface area contributed by atoms with E-state index < -0.39 is 0 Å². The smallest absolute Gasteiger partial charge is 0.280 e. The summed E-state index contributed by atoms with van der Waals surface area (Å²) in [6.07, 6.45) is 2.71. The van der Waals surface area contributed by atoms with Crippen LogP contribution in [-0.4, -0.2) is 62.8 Å². The summed E-state index contributed by atoms with van der Waals surface area (Å²) >= 11 is 0. The van der Waals surface area contributed by atoms with Gasteiger partial charge in [-0.2, -0.15) is 5.16 Å². The second-order valence-corrected chi connectivity index (χ2v) is 7.13. The third kappa shape index (κ3) is 4.21. The molecule has 1 atom stereocenters. The Labute approximate surface area is 151 Å². The molecule has 0 spiro atoms. The lowest BCUT2D eigenvalue weighted by molar-refractivity contribution is -0.132. The molecule has 0 aromatic carbocycles. The van der Waals surface area contributed by atoms with Gasteiger partial charge in [0.1, 0.15) is 17.4 Å². The van der Waals surface area contributed by atoms with Gasteiger partial charge in [0.15, 0.2) is 0 Å². The fourth-order valence-electron chi connectivity index (χ4n) is 3.40. The molecule has 1 fully saturated rings. The summed E-state index contributed by atoms with van der Waals surface area (Å²) in [5.74, 6) is 2.66. The summed E-state index contributed by atoms with van der Waals surface area (Å²) in [5, 5.41) is 10.9. The average Bonchev–Trinajstić information content (AvgIpc) is 3.19. The topological polar surface area (TPSA) is 100 Å². The first-order valence-corrected chi connectivity index (χ1v) is 8.92. The maximum Gasteiger partial charge on any atom is 0.280 e. The normalized spacial score (nSPS) is 17.8. The standard InChI is InChI=1S/C17H26N6O3/c1-21(2)11-14-18-19-17(22(14)3)12-5-4-8-23(10-12)16(25)7-6-13-9-15(24)20-26-13/h9,12H,4-8,10-11H2,1-3H3,(H,20,24). The summed E-state index contributed by atoms with van der Waals surface area (Å²) in [4.78, 5) is 27.6. The van der Waals surface area contributed by atoms with E-state index in [-0.39, 0.29) is 17.4 Å². The van der Waals surface area contributed by atoms with Gasteiger partial charge in [-0.25, -0.2) is 0 Å². The molecule has 2 aromatic rings. The lowest BCUT2D eigenvalue weighted by atomic mass is 9.96. The molecule has 2 aromatic heterocycles. The predicted octanol–water partition coefficient (Wildman–Crippen LogP) is 0.497. The van der Waals surface area contributed by atoms with Crippen LogP contribution in [0.25, 0.3) is 0 Å². The summed E-state index contributed by atoms with van der Waals surface area (Å²) in [5.41, 5.74) is -0.277. The Hall–Kier alpha value is -2.42. The van der Waals surface area contributed by atoms with Gasteiger partial charge in [-0.15, -0.1) is 10.2 Å². The van der Waals surface area contributed by atoms with E-state index in [1.165, 1.54) is 6.07 Å². The number of nitrogens with zero attached hydrogens (tertiary/aromatic N) is 5. The highest BCUT2D eigenvalue weighted by atomic mass is 16.5. The van der Waals surface area contributed by atoms with E-state index in [0.29, 0.717) is 25.1 Å². The largest absolute Gasteiger partial charge is 0.384 e. The molecule has 1 N–H and O–H groups in total. The Kier molecular flexibility index (Phi) is 5.55. The molecule has 9 nitrogen and oxygen atoms in total. The maximum atomic E-state index is 12.5. The quantitative estimate of drug-likeness (QED) is 0.803. The average molecular weight is 362 g/mol. The summed E-state index contributed by atoms with van der Waals surface area (Å²) in [6, 6.07) is 1.39. The minimum atomic E-state index is -0.277. The van der Waals surface area contributed by atoms with Gasteiger partial charge >= 0.3 is 0 Å². The third-order valence-electron chi connectivity index (χ3n) is 4.76.